The van der Waals surface area contributed by atoms with Crippen LogP contribution in [0.1, 0.15) is 16.7 Å². The number of nitrogens with one attached hydrogen (secondary N) is 2. The van der Waals surface area contributed by atoms with E-state index in [0.29, 0.717) is 0 Å². The molecule has 2 rings (SSSR count). The van der Waals surface area contributed by atoms with Crippen LogP contribution in [0.25, 0.3) is 0 Å². The predicted octanol–water partition coefficient (Wildman–Crippen LogP) is 3.47. The van der Waals surface area contributed by atoms with Gasteiger partial charge >= 0.3 is 0 Å². The largest absolute Gasteiger partial charge is 0.497 e. The molecule has 0 radical (unpaired) electrons. The Hall–Kier alpha value is -2.47. The highest BCUT2D eigenvalue weighted by Gasteiger charge is 2.10. The van der Waals surface area contributed by atoms with Crippen molar-refractivity contribution in [1.82, 2.24) is 5.32 Å². The number of thioether (sulfide) groups is 1. The number of carbonyl (C=O) groups excluding carboxylic acids is 2. The summed E-state index contributed by atoms with van der Waals surface area (Å²) in [4.78, 5) is 25.0. The molecular formula is C20H24N2O3S. The molecule has 0 aliphatic heterocycles. The van der Waals surface area contributed by atoms with Crippen molar-refractivity contribution in [3.63, 3.8) is 0 Å². The second-order valence-electron chi connectivity index (χ2n) is 6.07. The summed E-state index contributed by atoms with van der Waals surface area (Å²) in [5.74, 6) is 0.562. The zero-order valence-corrected chi connectivity index (χ0v) is 16.3. The Morgan fingerprint density at radius 1 is 1.04 bits per heavy atom. The van der Waals surface area contributed by atoms with E-state index in [2.05, 4.69) is 10.6 Å². The molecule has 2 aromatic carbocycles. The van der Waals surface area contributed by atoms with E-state index < -0.39 is 0 Å². The molecule has 0 fully saturated rings. The molecule has 26 heavy (non-hydrogen) atoms. The number of anilines is 1. The molecule has 0 saturated heterocycles. The first-order valence-electron chi connectivity index (χ1n) is 8.30. The molecule has 0 bridgehead atoms. The Bertz CT molecular complexity index is 782. The number of amides is 2. The first kappa shape index (κ1) is 19.8. The van der Waals surface area contributed by atoms with Crippen molar-refractivity contribution in [2.24, 2.45) is 0 Å². The van der Waals surface area contributed by atoms with Gasteiger partial charge in [-0.25, -0.2) is 0 Å². The second-order valence-corrected chi connectivity index (χ2v) is 7.12. The summed E-state index contributed by atoms with van der Waals surface area (Å²) in [6, 6.07) is 11.5. The SMILES string of the molecule is COc1cccc(SCC(=O)NCC(=O)Nc2c(C)cc(C)cc2C)c1. The summed E-state index contributed by atoms with van der Waals surface area (Å²) in [5, 5.41) is 5.52. The number of hydrogen-bond acceptors (Lipinski definition) is 4. The minimum Gasteiger partial charge on any atom is -0.497 e. The van der Waals surface area contributed by atoms with E-state index in [4.69, 9.17) is 4.74 Å². The Balaban J connectivity index is 1.81. The monoisotopic (exact) mass is 372 g/mol. The number of hydrogen-bond donors (Lipinski definition) is 2. The van der Waals surface area contributed by atoms with Gasteiger partial charge in [0.25, 0.3) is 0 Å². The van der Waals surface area contributed by atoms with Crippen LogP contribution in [-0.4, -0.2) is 31.2 Å². The topological polar surface area (TPSA) is 67.4 Å². The highest BCUT2D eigenvalue weighted by Crippen LogP contribution is 2.23. The van der Waals surface area contributed by atoms with Crippen molar-refractivity contribution >= 4 is 29.3 Å². The van der Waals surface area contributed by atoms with E-state index in [1.807, 2.05) is 57.2 Å². The van der Waals surface area contributed by atoms with Crippen LogP contribution in [-0.2, 0) is 9.59 Å². The maximum absolute atomic E-state index is 12.1. The average molecular weight is 372 g/mol. The summed E-state index contributed by atoms with van der Waals surface area (Å²) in [6.45, 7) is 5.88. The molecule has 0 spiro atoms. The molecule has 2 amide bonds. The van der Waals surface area contributed by atoms with Gasteiger partial charge in [0.05, 0.1) is 19.4 Å². The van der Waals surface area contributed by atoms with Crippen molar-refractivity contribution < 1.29 is 14.3 Å². The lowest BCUT2D eigenvalue weighted by molar-refractivity contribution is -0.122. The number of rotatable bonds is 7. The van der Waals surface area contributed by atoms with Gasteiger partial charge in [-0.15, -0.1) is 11.8 Å². The Morgan fingerprint density at radius 2 is 1.73 bits per heavy atom. The predicted molar refractivity (Wildman–Crippen MR) is 106 cm³/mol. The lowest BCUT2D eigenvalue weighted by atomic mass is 10.1. The molecule has 0 saturated carbocycles. The Kier molecular flexibility index (Phi) is 7.09. The molecule has 0 atom stereocenters. The van der Waals surface area contributed by atoms with Gasteiger partial charge in [-0.2, -0.15) is 0 Å². The van der Waals surface area contributed by atoms with E-state index in [-0.39, 0.29) is 24.1 Å². The summed E-state index contributed by atoms with van der Waals surface area (Å²) in [5.41, 5.74) is 3.98. The molecule has 0 aliphatic carbocycles. The van der Waals surface area contributed by atoms with Gasteiger partial charge in [0.2, 0.25) is 11.8 Å². The fourth-order valence-corrected chi connectivity index (χ4v) is 3.40. The normalized spacial score (nSPS) is 10.3. The van der Waals surface area contributed by atoms with Gasteiger partial charge in [-0.3, -0.25) is 9.59 Å². The van der Waals surface area contributed by atoms with Gasteiger partial charge in [0.15, 0.2) is 0 Å². The van der Waals surface area contributed by atoms with Crippen molar-refractivity contribution in [3.05, 3.63) is 53.1 Å². The van der Waals surface area contributed by atoms with Crippen LogP contribution in [0.5, 0.6) is 5.75 Å². The van der Waals surface area contributed by atoms with E-state index in [9.17, 15) is 9.59 Å². The third-order valence-electron chi connectivity index (χ3n) is 3.80. The summed E-state index contributed by atoms with van der Waals surface area (Å²) >= 11 is 1.40. The molecule has 2 aromatic rings. The third-order valence-corrected chi connectivity index (χ3v) is 4.79. The lowest BCUT2D eigenvalue weighted by Gasteiger charge is -2.13. The molecule has 138 valence electrons. The highest BCUT2D eigenvalue weighted by atomic mass is 32.2. The quantitative estimate of drug-likeness (QED) is 0.731. The van der Waals surface area contributed by atoms with E-state index in [0.717, 1.165) is 33.0 Å². The zero-order valence-electron chi connectivity index (χ0n) is 15.5. The van der Waals surface area contributed by atoms with Crippen molar-refractivity contribution in [3.8, 4) is 5.75 Å². The first-order chi connectivity index (χ1) is 12.4. The summed E-state index contributed by atoms with van der Waals surface area (Å²) in [7, 11) is 1.60. The summed E-state index contributed by atoms with van der Waals surface area (Å²) < 4.78 is 5.16. The molecule has 0 unspecified atom stereocenters. The molecule has 6 heteroatoms. The minimum absolute atomic E-state index is 0.0513. The number of carbonyl (C=O) groups is 2. The van der Waals surface area contributed by atoms with Crippen molar-refractivity contribution in [2.75, 3.05) is 24.7 Å². The standard InChI is InChI=1S/C20H24N2O3S/c1-13-8-14(2)20(15(3)9-13)22-18(23)11-21-19(24)12-26-17-7-5-6-16(10-17)25-4/h5-10H,11-12H2,1-4H3,(H,21,24)(H,22,23). The second kappa shape index (κ2) is 9.29. The van der Waals surface area contributed by atoms with Crippen molar-refractivity contribution in [1.29, 1.82) is 0 Å². The van der Waals surface area contributed by atoms with Crippen LogP contribution in [0.3, 0.4) is 0 Å². The van der Waals surface area contributed by atoms with Crippen LogP contribution in [0, 0.1) is 20.8 Å². The van der Waals surface area contributed by atoms with E-state index in [1.165, 1.54) is 11.8 Å². The number of benzene rings is 2. The summed E-state index contributed by atoms with van der Waals surface area (Å²) in [6.07, 6.45) is 0. The molecule has 5 nitrogen and oxygen atoms in total. The van der Waals surface area contributed by atoms with Crippen LogP contribution in [0.2, 0.25) is 0 Å². The number of ether oxygens (including phenoxy) is 1. The maximum atomic E-state index is 12.1. The van der Waals surface area contributed by atoms with Crippen LogP contribution < -0.4 is 15.4 Å². The Labute approximate surface area is 158 Å². The fraction of sp³-hybridized carbons (Fsp3) is 0.300. The van der Waals surface area contributed by atoms with Gasteiger partial charge in [-0.05, 0) is 50.1 Å². The first-order valence-corrected chi connectivity index (χ1v) is 9.29. The molecule has 0 aliphatic rings. The molecular weight excluding hydrogens is 348 g/mol. The lowest BCUT2D eigenvalue weighted by Crippen LogP contribution is -2.34. The molecule has 0 aromatic heterocycles. The van der Waals surface area contributed by atoms with E-state index in [1.54, 1.807) is 7.11 Å². The van der Waals surface area contributed by atoms with E-state index >= 15 is 0 Å². The maximum Gasteiger partial charge on any atom is 0.243 e. The van der Waals surface area contributed by atoms with Gasteiger partial charge < -0.3 is 15.4 Å². The minimum atomic E-state index is -0.236. The van der Waals surface area contributed by atoms with Crippen LogP contribution in [0.15, 0.2) is 41.3 Å². The average Bonchev–Trinajstić information content (AvgIpc) is 2.61. The number of aryl methyl sites for hydroxylation is 3. The van der Waals surface area contributed by atoms with Crippen LogP contribution in [0.4, 0.5) is 5.69 Å². The number of methoxy groups -OCH3 is 1. The van der Waals surface area contributed by atoms with Gasteiger partial charge in [-0.1, -0.05) is 23.8 Å². The van der Waals surface area contributed by atoms with Gasteiger partial charge in [0.1, 0.15) is 5.75 Å². The Morgan fingerprint density at radius 3 is 2.38 bits per heavy atom. The van der Waals surface area contributed by atoms with Gasteiger partial charge in [0, 0.05) is 10.6 Å². The van der Waals surface area contributed by atoms with Crippen molar-refractivity contribution in [2.45, 2.75) is 25.7 Å². The van der Waals surface area contributed by atoms with Crippen LogP contribution >= 0.6 is 11.8 Å². The molecule has 0 heterocycles. The zero-order chi connectivity index (χ0) is 19.1. The third kappa shape index (κ3) is 5.81. The fourth-order valence-electron chi connectivity index (χ4n) is 2.63. The molecule has 2 N–H and O–H groups in total. The smallest absolute Gasteiger partial charge is 0.243 e. The highest BCUT2D eigenvalue weighted by molar-refractivity contribution is 8.00.